The number of hydrogen-bond acceptors (Lipinski definition) is 8. The van der Waals surface area contributed by atoms with Gasteiger partial charge >= 0.3 is 0 Å². The summed E-state index contributed by atoms with van der Waals surface area (Å²) in [6.07, 6.45) is 3.98. The fourth-order valence-electron chi connectivity index (χ4n) is 2.64. The lowest BCUT2D eigenvalue weighted by Gasteiger charge is -2.14. The Morgan fingerprint density at radius 1 is 0.912 bits per heavy atom. The van der Waals surface area contributed by atoms with Gasteiger partial charge < -0.3 is 27.4 Å². The molecule has 13 nitrogen and oxygen atoms in total. The molecule has 0 saturated heterocycles. The van der Waals surface area contributed by atoms with Crippen LogP contribution in [0.1, 0.15) is 39.5 Å². The van der Waals surface area contributed by atoms with Gasteiger partial charge in [0.15, 0.2) is 0 Å². The number of carbonyl (C=O) groups excluding carboxylic acids is 7. The van der Waals surface area contributed by atoms with Crippen molar-refractivity contribution in [3.05, 3.63) is 12.2 Å². The first-order valence-electron chi connectivity index (χ1n) is 10.4. The van der Waals surface area contributed by atoms with Gasteiger partial charge in [0.25, 0.3) is 11.8 Å². The Labute approximate surface area is 202 Å². The minimum Gasteiger partial charge on any atom is -0.368 e. The Morgan fingerprint density at radius 2 is 1.41 bits per heavy atom. The van der Waals surface area contributed by atoms with Gasteiger partial charge in [0.1, 0.15) is 12.1 Å². The van der Waals surface area contributed by atoms with E-state index < -0.39 is 35.7 Å². The highest BCUT2D eigenvalue weighted by Gasteiger charge is 2.23. The summed E-state index contributed by atoms with van der Waals surface area (Å²) in [5, 5.41) is 7.47. The predicted octanol–water partition coefficient (Wildman–Crippen LogP) is -2.52. The Morgan fingerprint density at radius 3 is 1.82 bits per heavy atom. The maximum Gasteiger partial charge on any atom is 0.253 e. The molecule has 0 spiro atoms. The molecule has 1 aliphatic heterocycles. The highest BCUT2D eigenvalue weighted by molar-refractivity contribution is 7.80. The Bertz CT molecular complexity index is 799. The first-order chi connectivity index (χ1) is 15.9. The number of rotatable bonds is 13. The van der Waals surface area contributed by atoms with Crippen LogP contribution in [0.4, 0.5) is 0 Å². The summed E-state index contributed by atoms with van der Waals surface area (Å²) in [4.78, 5) is 78.1. The zero-order valence-corrected chi connectivity index (χ0v) is 20.1. The van der Waals surface area contributed by atoms with Crippen LogP contribution in [0.2, 0.25) is 0 Å². The number of nitrogens with zero attached hydrogens (tertiary/aromatic N) is 1. The molecule has 0 aliphatic carbocycles. The molecule has 190 valence electrons. The smallest absolute Gasteiger partial charge is 0.253 e. The Hall–Kier alpha value is -3.42. The first-order valence-corrected chi connectivity index (χ1v) is 11.1. The van der Waals surface area contributed by atoms with Gasteiger partial charge in [-0.05, 0) is 19.3 Å². The summed E-state index contributed by atoms with van der Waals surface area (Å²) in [5.74, 6) is -2.63. The molecule has 0 saturated carbocycles. The molecule has 0 aromatic carbocycles. The molecule has 1 heterocycles. The van der Waals surface area contributed by atoms with Crippen LogP contribution in [-0.4, -0.2) is 77.2 Å². The minimum atomic E-state index is -0.710. The van der Waals surface area contributed by atoms with Crippen LogP contribution in [-0.2, 0) is 33.6 Å². The molecule has 2 unspecified atom stereocenters. The molecule has 0 aromatic heterocycles. The van der Waals surface area contributed by atoms with Crippen LogP contribution >= 0.6 is 12.6 Å². The molecule has 0 fully saturated rings. The van der Waals surface area contributed by atoms with Crippen molar-refractivity contribution in [2.45, 2.75) is 51.6 Å². The maximum atomic E-state index is 11.7. The number of unbranched alkanes of at least 4 members (excludes halogenated alkanes) is 1. The predicted molar refractivity (Wildman–Crippen MR) is 125 cm³/mol. The van der Waals surface area contributed by atoms with E-state index in [1.165, 1.54) is 26.0 Å². The third kappa shape index (κ3) is 13.2. The fourth-order valence-corrected chi connectivity index (χ4v) is 2.91. The van der Waals surface area contributed by atoms with Crippen LogP contribution in [0.3, 0.4) is 0 Å². The lowest BCUT2D eigenvalue weighted by Crippen LogP contribution is -2.44. The molecule has 0 aromatic rings. The summed E-state index contributed by atoms with van der Waals surface area (Å²) in [6.45, 7) is 3.06. The maximum absolute atomic E-state index is 11.7. The standard InChI is InChI=1S/C15H22N4O5.C5H10N2O2S/c1-10(20)18-11(15(16)24)4-2-3-8-17-12(21)7-9-19-13(22)5-6-14(19)23;1-3(8)7-4(2-10)5(6)9/h5-6,11H,2-4,7-9H2,1H3,(H2,16,24)(H,17,21)(H,18,20);4,10H,2H2,1H3,(H2,6,9)(H,7,8). The van der Waals surface area contributed by atoms with Crippen LogP contribution < -0.4 is 27.4 Å². The zero-order chi connectivity index (χ0) is 26.3. The summed E-state index contributed by atoms with van der Waals surface area (Å²) < 4.78 is 0. The molecular formula is C20H32N6O7S. The number of imide groups is 1. The third-order valence-corrected chi connectivity index (χ3v) is 4.69. The van der Waals surface area contributed by atoms with E-state index in [-0.39, 0.29) is 36.4 Å². The summed E-state index contributed by atoms with van der Waals surface area (Å²) in [6, 6.07) is -1.36. The van der Waals surface area contributed by atoms with E-state index in [4.69, 9.17) is 11.5 Å². The average molecular weight is 501 g/mol. The van der Waals surface area contributed by atoms with Crippen LogP contribution in [0.25, 0.3) is 0 Å². The molecule has 1 aliphatic rings. The lowest BCUT2D eigenvalue weighted by atomic mass is 10.1. The molecule has 7 N–H and O–H groups in total. The Balaban J connectivity index is 0.000000916. The first kappa shape index (κ1) is 30.6. The quantitative estimate of drug-likeness (QED) is 0.0907. The molecule has 1 rings (SSSR count). The monoisotopic (exact) mass is 500 g/mol. The van der Waals surface area contributed by atoms with Gasteiger partial charge in [-0.1, -0.05) is 0 Å². The minimum absolute atomic E-state index is 0.0367. The SMILES string of the molecule is CC(=O)NC(CCCCNC(=O)CCN1C(=O)C=CC1=O)C(N)=O.CC(=O)NC(CS)C(N)=O. The molecule has 14 heteroatoms. The van der Waals surface area contributed by atoms with Gasteiger partial charge in [-0.2, -0.15) is 12.6 Å². The summed E-state index contributed by atoms with van der Waals surface area (Å²) in [5.41, 5.74) is 10.1. The number of nitrogens with one attached hydrogen (secondary N) is 3. The van der Waals surface area contributed by atoms with Crippen molar-refractivity contribution in [2.75, 3.05) is 18.8 Å². The molecular weight excluding hydrogens is 468 g/mol. The van der Waals surface area contributed by atoms with E-state index in [2.05, 4.69) is 28.6 Å². The van der Waals surface area contributed by atoms with Gasteiger partial charge in [0.2, 0.25) is 29.5 Å². The second kappa shape index (κ2) is 16.2. The van der Waals surface area contributed by atoms with Crippen molar-refractivity contribution in [3.8, 4) is 0 Å². The van der Waals surface area contributed by atoms with Crippen molar-refractivity contribution in [1.29, 1.82) is 0 Å². The average Bonchev–Trinajstić information content (AvgIpc) is 3.06. The normalized spacial score (nSPS) is 13.9. The fraction of sp³-hybridized carbons (Fsp3) is 0.550. The molecule has 7 amide bonds. The molecule has 34 heavy (non-hydrogen) atoms. The lowest BCUT2D eigenvalue weighted by molar-refractivity contribution is -0.137. The van der Waals surface area contributed by atoms with Gasteiger partial charge in [-0.15, -0.1) is 0 Å². The van der Waals surface area contributed by atoms with E-state index in [0.717, 1.165) is 4.90 Å². The van der Waals surface area contributed by atoms with E-state index >= 15 is 0 Å². The number of thiol groups is 1. The van der Waals surface area contributed by atoms with Gasteiger partial charge in [0.05, 0.1) is 0 Å². The number of carbonyl (C=O) groups is 7. The number of hydrogen-bond donors (Lipinski definition) is 6. The second-order valence-corrected chi connectivity index (χ2v) is 7.62. The van der Waals surface area contributed by atoms with Crippen molar-refractivity contribution in [2.24, 2.45) is 11.5 Å². The third-order valence-electron chi connectivity index (χ3n) is 4.33. The van der Waals surface area contributed by atoms with Gasteiger partial charge in [-0.3, -0.25) is 38.5 Å². The van der Waals surface area contributed by atoms with Crippen molar-refractivity contribution >= 4 is 54.0 Å². The molecule has 2 atom stereocenters. The highest BCUT2D eigenvalue weighted by Crippen LogP contribution is 2.04. The Kier molecular flexibility index (Phi) is 14.6. The molecule has 0 radical (unpaired) electrons. The molecule has 0 bridgehead atoms. The van der Waals surface area contributed by atoms with Gasteiger partial charge in [0, 0.05) is 51.3 Å². The second-order valence-electron chi connectivity index (χ2n) is 7.25. The zero-order valence-electron chi connectivity index (χ0n) is 19.2. The van der Waals surface area contributed by atoms with Crippen molar-refractivity contribution in [1.82, 2.24) is 20.9 Å². The number of primary amides is 2. The summed E-state index contributed by atoms with van der Waals surface area (Å²) >= 11 is 3.81. The topological polar surface area (TPSA) is 211 Å². The van der Waals surface area contributed by atoms with Crippen LogP contribution in [0, 0.1) is 0 Å². The number of amides is 7. The summed E-state index contributed by atoms with van der Waals surface area (Å²) in [7, 11) is 0. The van der Waals surface area contributed by atoms with Crippen LogP contribution in [0.15, 0.2) is 12.2 Å². The van der Waals surface area contributed by atoms with Crippen molar-refractivity contribution in [3.63, 3.8) is 0 Å². The van der Waals surface area contributed by atoms with Gasteiger partial charge in [-0.25, -0.2) is 0 Å². The van der Waals surface area contributed by atoms with E-state index in [9.17, 15) is 33.6 Å². The van der Waals surface area contributed by atoms with E-state index in [1.54, 1.807) is 0 Å². The largest absolute Gasteiger partial charge is 0.368 e. The van der Waals surface area contributed by atoms with E-state index in [0.29, 0.717) is 25.8 Å². The number of nitrogens with two attached hydrogens (primary N) is 2. The van der Waals surface area contributed by atoms with E-state index in [1.807, 2.05) is 0 Å². The van der Waals surface area contributed by atoms with Crippen molar-refractivity contribution < 1.29 is 33.6 Å². The van der Waals surface area contributed by atoms with Crippen LogP contribution in [0.5, 0.6) is 0 Å². The highest BCUT2D eigenvalue weighted by atomic mass is 32.1.